The van der Waals surface area contributed by atoms with E-state index in [0.29, 0.717) is 0 Å². The summed E-state index contributed by atoms with van der Waals surface area (Å²) in [5.74, 6) is 1.44. The fourth-order valence-corrected chi connectivity index (χ4v) is 3.58. The molecule has 0 nitrogen and oxygen atoms in total. The summed E-state index contributed by atoms with van der Waals surface area (Å²) < 4.78 is 0. The molecule has 0 radical (unpaired) electrons. The summed E-state index contributed by atoms with van der Waals surface area (Å²) in [6, 6.07) is 8.51. The number of rotatable bonds is 12. The molecule has 22 heavy (non-hydrogen) atoms. The van der Waals surface area contributed by atoms with Crippen LogP contribution in [0.3, 0.4) is 0 Å². The largest absolute Gasteiger partial charge is 0.127 e. The van der Waals surface area contributed by atoms with Crippen molar-refractivity contribution < 1.29 is 0 Å². The number of alkyl halides is 4. The van der Waals surface area contributed by atoms with E-state index in [1.54, 1.807) is 0 Å². The number of benzene rings is 1. The number of unbranched alkanes of at least 4 members (excludes halogenated alkanes) is 2. The van der Waals surface area contributed by atoms with Gasteiger partial charge in [0, 0.05) is 22.5 Å². The highest BCUT2D eigenvalue weighted by molar-refractivity contribution is 6.21. The number of hydrogen-bond acceptors (Lipinski definition) is 0. The lowest BCUT2D eigenvalue weighted by Crippen LogP contribution is -2.10. The molecule has 2 atom stereocenters. The second-order valence-electron chi connectivity index (χ2n) is 5.74. The van der Waals surface area contributed by atoms with Crippen LogP contribution in [0.1, 0.15) is 49.7 Å². The minimum atomic E-state index is 0.175. The van der Waals surface area contributed by atoms with Crippen molar-refractivity contribution in [3.8, 4) is 0 Å². The first-order chi connectivity index (χ1) is 10.7. The van der Waals surface area contributed by atoms with Crippen LogP contribution in [0.15, 0.2) is 24.3 Å². The average Bonchev–Trinajstić information content (AvgIpc) is 2.50. The Balaban J connectivity index is 2.50. The van der Waals surface area contributed by atoms with E-state index < -0.39 is 0 Å². The van der Waals surface area contributed by atoms with Crippen LogP contribution in [0.2, 0.25) is 0 Å². The molecule has 0 N–H and O–H groups in total. The van der Waals surface area contributed by atoms with E-state index in [1.807, 2.05) is 0 Å². The second kappa shape index (κ2) is 12.8. The molecule has 1 rings (SSSR count). The predicted molar refractivity (Wildman–Crippen MR) is 102 cm³/mol. The molecule has 0 aliphatic rings. The Labute approximate surface area is 155 Å². The van der Waals surface area contributed by atoms with E-state index in [2.05, 4.69) is 24.3 Å². The predicted octanol–water partition coefficient (Wildman–Crippen LogP) is 6.80. The van der Waals surface area contributed by atoms with Crippen LogP contribution in [0.5, 0.6) is 0 Å². The quantitative estimate of drug-likeness (QED) is 0.275. The molecule has 4 heteroatoms. The third-order valence-corrected chi connectivity index (χ3v) is 5.08. The highest BCUT2D eigenvalue weighted by atomic mass is 35.5. The van der Waals surface area contributed by atoms with Crippen LogP contribution in [0.4, 0.5) is 0 Å². The molecule has 0 saturated heterocycles. The molecule has 0 aromatic heterocycles. The van der Waals surface area contributed by atoms with Gasteiger partial charge >= 0.3 is 0 Å². The maximum atomic E-state index is 6.47. The third kappa shape index (κ3) is 8.87. The molecular weight excluding hydrogens is 358 g/mol. The second-order valence-corrected chi connectivity index (χ2v) is 7.73. The molecule has 0 fully saturated rings. The van der Waals surface area contributed by atoms with Gasteiger partial charge in [-0.25, -0.2) is 0 Å². The molecule has 1 aromatic carbocycles. The number of hydrogen-bond donors (Lipinski definition) is 0. The van der Waals surface area contributed by atoms with Gasteiger partial charge in [-0.2, -0.15) is 0 Å². The Hall–Kier alpha value is 0.380. The smallest absolute Gasteiger partial charge is 0.0376 e. The topological polar surface area (TPSA) is 0 Å². The monoisotopic (exact) mass is 382 g/mol. The lowest BCUT2D eigenvalue weighted by atomic mass is 9.96. The summed E-state index contributed by atoms with van der Waals surface area (Å²) in [6.07, 6.45) is 8.11. The molecule has 0 aliphatic heterocycles. The lowest BCUT2D eigenvalue weighted by molar-refractivity contribution is 0.660. The van der Waals surface area contributed by atoms with Gasteiger partial charge in [0.2, 0.25) is 0 Å². The van der Waals surface area contributed by atoms with Crippen molar-refractivity contribution in [1.29, 1.82) is 0 Å². The van der Waals surface area contributed by atoms with Crippen LogP contribution >= 0.6 is 46.4 Å². The zero-order chi connectivity index (χ0) is 16.2. The molecule has 0 saturated carbocycles. The van der Waals surface area contributed by atoms with Crippen molar-refractivity contribution in [3.63, 3.8) is 0 Å². The zero-order valence-electron chi connectivity index (χ0n) is 13.0. The summed E-state index contributed by atoms with van der Waals surface area (Å²) in [5, 5.41) is 0.351. The van der Waals surface area contributed by atoms with Gasteiger partial charge in [-0.1, -0.05) is 37.1 Å². The van der Waals surface area contributed by atoms with Gasteiger partial charge in [0.05, 0.1) is 0 Å². The molecule has 0 heterocycles. The Morgan fingerprint density at radius 3 is 1.45 bits per heavy atom. The molecule has 0 spiro atoms. The van der Waals surface area contributed by atoms with E-state index in [-0.39, 0.29) is 10.8 Å². The standard InChI is InChI=1S/C18H26Cl4/c19-11-5-3-9-17(21)13-15-7-1-2-8-16(15)14-18(22)10-4-6-12-20/h1-2,7-8,17-18H,3-6,9-14H2. The van der Waals surface area contributed by atoms with E-state index in [9.17, 15) is 0 Å². The Morgan fingerprint density at radius 2 is 1.09 bits per heavy atom. The van der Waals surface area contributed by atoms with Gasteiger partial charge < -0.3 is 0 Å². The minimum absolute atomic E-state index is 0.175. The fourth-order valence-electron chi connectivity index (χ4n) is 2.56. The normalized spacial score (nSPS) is 14.0. The molecule has 0 aliphatic carbocycles. The van der Waals surface area contributed by atoms with Crippen molar-refractivity contribution in [3.05, 3.63) is 35.4 Å². The van der Waals surface area contributed by atoms with Crippen LogP contribution in [-0.2, 0) is 12.8 Å². The molecule has 126 valence electrons. The van der Waals surface area contributed by atoms with Crippen molar-refractivity contribution in [1.82, 2.24) is 0 Å². The highest BCUT2D eigenvalue weighted by Crippen LogP contribution is 2.21. The molecular formula is C18H26Cl4. The third-order valence-electron chi connectivity index (χ3n) is 3.80. The molecule has 0 bridgehead atoms. The summed E-state index contributed by atoms with van der Waals surface area (Å²) in [5.41, 5.74) is 2.66. The van der Waals surface area contributed by atoms with Gasteiger partial charge in [-0.05, 0) is 49.7 Å². The Morgan fingerprint density at radius 1 is 0.682 bits per heavy atom. The average molecular weight is 384 g/mol. The summed E-state index contributed by atoms with van der Waals surface area (Å²) in [6.45, 7) is 0. The maximum absolute atomic E-state index is 6.47. The van der Waals surface area contributed by atoms with Gasteiger partial charge in [0.25, 0.3) is 0 Å². The number of halogens is 4. The van der Waals surface area contributed by atoms with Gasteiger partial charge in [0.15, 0.2) is 0 Å². The minimum Gasteiger partial charge on any atom is -0.127 e. The first-order valence-electron chi connectivity index (χ1n) is 8.14. The first-order valence-corrected chi connectivity index (χ1v) is 10.1. The van der Waals surface area contributed by atoms with Crippen LogP contribution in [-0.4, -0.2) is 22.5 Å². The summed E-state index contributed by atoms with van der Waals surface area (Å²) in [4.78, 5) is 0. The van der Waals surface area contributed by atoms with Gasteiger partial charge in [0.1, 0.15) is 0 Å². The van der Waals surface area contributed by atoms with E-state index in [0.717, 1.165) is 63.1 Å². The first kappa shape index (κ1) is 20.4. The fraction of sp³-hybridized carbons (Fsp3) is 0.667. The van der Waals surface area contributed by atoms with E-state index in [4.69, 9.17) is 46.4 Å². The Bertz CT molecular complexity index is 357. The van der Waals surface area contributed by atoms with Gasteiger partial charge in [-0.3, -0.25) is 0 Å². The maximum Gasteiger partial charge on any atom is 0.0376 e. The summed E-state index contributed by atoms with van der Waals surface area (Å²) in [7, 11) is 0. The van der Waals surface area contributed by atoms with Crippen molar-refractivity contribution in [2.45, 2.75) is 62.1 Å². The van der Waals surface area contributed by atoms with Crippen LogP contribution in [0.25, 0.3) is 0 Å². The Kier molecular flexibility index (Phi) is 11.8. The van der Waals surface area contributed by atoms with E-state index in [1.165, 1.54) is 11.1 Å². The van der Waals surface area contributed by atoms with Crippen molar-refractivity contribution in [2.24, 2.45) is 0 Å². The van der Waals surface area contributed by atoms with Crippen molar-refractivity contribution >= 4 is 46.4 Å². The van der Waals surface area contributed by atoms with Gasteiger partial charge in [-0.15, -0.1) is 46.4 Å². The molecule has 2 unspecified atom stereocenters. The van der Waals surface area contributed by atoms with E-state index >= 15 is 0 Å². The molecule has 1 aromatic rings. The molecule has 0 amide bonds. The SMILES string of the molecule is ClCCCCC(Cl)Cc1ccccc1CC(Cl)CCCCCl. The van der Waals surface area contributed by atoms with Crippen LogP contribution < -0.4 is 0 Å². The van der Waals surface area contributed by atoms with Crippen LogP contribution in [0, 0.1) is 0 Å². The highest BCUT2D eigenvalue weighted by Gasteiger charge is 2.12. The summed E-state index contributed by atoms with van der Waals surface area (Å²) >= 11 is 24.4. The van der Waals surface area contributed by atoms with Crippen molar-refractivity contribution in [2.75, 3.05) is 11.8 Å². The lowest BCUT2D eigenvalue weighted by Gasteiger charge is -2.15. The zero-order valence-corrected chi connectivity index (χ0v) is 16.1.